The van der Waals surface area contributed by atoms with Gasteiger partial charge in [-0.2, -0.15) is 0 Å². The highest BCUT2D eigenvalue weighted by Gasteiger charge is 2.52. The lowest BCUT2D eigenvalue weighted by Gasteiger charge is -2.50. The maximum Gasteiger partial charge on any atom is -0.00850 e. The van der Waals surface area contributed by atoms with Gasteiger partial charge in [-0.15, -0.1) is 0 Å². The first-order valence-corrected chi connectivity index (χ1v) is 9.79. The summed E-state index contributed by atoms with van der Waals surface area (Å²) in [5.74, 6) is 2.73. The van der Waals surface area contributed by atoms with Crippen LogP contribution in [0.1, 0.15) is 72.1 Å². The van der Waals surface area contributed by atoms with Gasteiger partial charge in [0.05, 0.1) is 0 Å². The summed E-state index contributed by atoms with van der Waals surface area (Å²) in [4.78, 5) is 0. The highest BCUT2D eigenvalue weighted by atomic mass is 14.6. The zero-order valence-electron chi connectivity index (χ0n) is 15.4. The zero-order chi connectivity index (χ0) is 16.4. The summed E-state index contributed by atoms with van der Waals surface area (Å²) >= 11 is 0. The van der Waals surface area contributed by atoms with Gasteiger partial charge in [0.2, 0.25) is 0 Å². The van der Waals surface area contributed by atoms with E-state index in [-0.39, 0.29) is 0 Å². The minimum atomic E-state index is 0.520. The molecule has 0 aromatic rings. The van der Waals surface area contributed by atoms with Gasteiger partial charge >= 0.3 is 0 Å². The molecular weight excluding hydrogens is 276 g/mol. The van der Waals surface area contributed by atoms with Crippen LogP contribution in [-0.2, 0) is 0 Å². The second-order valence-electron chi connectivity index (χ2n) is 8.26. The standard InChI is InChI=1S/C23H34/c1-5-8-19-13-14-22-21-10-7-9-18(12-11-17(3)6-2)20(21)15-16-23(19,22)4/h6,8,11-12,20-22H,2,5,7,9-10,13-16H2,1,3-4H3/b17-11-,18-12+,19-8-. The average molecular weight is 311 g/mol. The van der Waals surface area contributed by atoms with E-state index >= 15 is 0 Å². The molecule has 0 N–H and O–H groups in total. The Labute approximate surface area is 143 Å². The molecule has 0 saturated heterocycles. The lowest BCUT2D eigenvalue weighted by Crippen LogP contribution is -2.41. The van der Waals surface area contributed by atoms with E-state index in [2.05, 4.69) is 45.6 Å². The second kappa shape index (κ2) is 6.83. The van der Waals surface area contributed by atoms with Gasteiger partial charge in [0, 0.05) is 0 Å². The van der Waals surface area contributed by atoms with E-state index in [1.807, 2.05) is 6.08 Å². The van der Waals surface area contributed by atoms with Crippen molar-refractivity contribution in [3.8, 4) is 0 Å². The van der Waals surface area contributed by atoms with Crippen LogP contribution in [-0.4, -0.2) is 0 Å². The van der Waals surface area contributed by atoms with Crippen LogP contribution in [0.4, 0.5) is 0 Å². The van der Waals surface area contributed by atoms with Crippen molar-refractivity contribution in [2.75, 3.05) is 0 Å². The van der Waals surface area contributed by atoms with Crippen LogP contribution in [0.2, 0.25) is 0 Å². The number of fused-ring (bicyclic) bond motifs is 3. The van der Waals surface area contributed by atoms with Crippen molar-refractivity contribution in [1.29, 1.82) is 0 Å². The second-order valence-corrected chi connectivity index (χ2v) is 8.26. The Morgan fingerprint density at radius 3 is 2.83 bits per heavy atom. The first-order chi connectivity index (χ1) is 11.1. The van der Waals surface area contributed by atoms with Crippen LogP contribution >= 0.6 is 0 Å². The van der Waals surface area contributed by atoms with Crippen molar-refractivity contribution >= 4 is 0 Å². The molecule has 0 amide bonds. The normalized spacial score (nSPS) is 41.0. The van der Waals surface area contributed by atoms with Gasteiger partial charge in [-0.1, -0.05) is 61.4 Å². The van der Waals surface area contributed by atoms with E-state index in [0.717, 1.165) is 17.8 Å². The van der Waals surface area contributed by atoms with Gasteiger partial charge in [0.15, 0.2) is 0 Å². The number of rotatable bonds is 3. The fourth-order valence-electron chi connectivity index (χ4n) is 5.82. The maximum atomic E-state index is 3.88. The van der Waals surface area contributed by atoms with E-state index in [1.54, 1.807) is 11.1 Å². The number of hydrogen-bond acceptors (Lipinski definition) is 0. The van der Waals surface area contributed by atoms with Crippen molar-refractivity contribution < 1.29 is 0 Å². The molecule has 3 fully saturated rings. The predicted octanol–water partition coefficient (Wildman–Crippen LogP) is 7.01. The maximum absolute atomic E-state index is 3.88. The van der Waals surface area contributed by atoms with Crippen molar-refractivity contribution in [3.63, 3.8) is 0 Å². The zero-order valence-corrected chi connectivity index (χ0v) is 15.4. The molecule has 0 nitrogen and oxygen atoms in total. The molecule has 3 rings (SSSR count). The molecule has 4 unspecified atom stereocenters. The van der Waals surface area contributed by atoms with Gasteiger partial charge in [-0.25, -0.2) is 0 Å². The molecule has 4 atom stereocenters. The molecule has 0 spiro atoms. The Morgan fingerprint density at radius 1 is 1.26 bits per heavy atom. The quantitative estimate of drug-likeness (QED) is 0.388. The van der Waals surface area contributed by atoms with Crippen LogP contribution in [0.5, 0.6) is 0 Å². The van der Waals surface area contributed by atoms with Gasteiger partial charge in [-0.05, 0) is 81.5 Å². The fourth-order valence-corrected chi connectivity index (χ4v) is 5.82. The topological polar surface area (TPSA) is 0 Å². The summed E-state index contributed by atoms with van der Waals surface area (Å²) in [5.41, 5.74) is 5.33. The third-order valence-electron chi connectivity index (χ3n) is 7.10. The number of allylic oxidation sites excluding steroid dienone is 7. The molecule has 3 aliphatic rings. The molecule has 0 radical (unpaired) electrons. The molecule has 0 bridgehead atoms. The molecule has 0 aliphatic heterocycles. The van der Waals surface area contributed by atoms with E-state index in [0.29, 0.717) is 5.41 Å². The molecule has 23 heavy (non-hydrogen) atoms. The van der Waals surface area contributed by atoms with Crippen LogP contribution in [0.3, 0.4) is 0 Å². The molecule has 0 heterocycles. The van der Waals surface area contributed by atoms with Crippen molar-refractivity contribution in [2.45, 2.75) is 72.1 Å². The fraction of sp³-hybridized carbons (Fsp3) is 0.652. The Morgan fingerprint density at radius 2 is 2.09 bits per heavy atom. The van der Waals surface area contributed by atoms with E-state index < -0.39 is 0 Å². The first kappa shape index (κ1) is 16.8. The van der Waals surface area contributed by atoms with Gasteiger partial charge < -0.3 is 0 Å². The Balaban J connectivity index is 1.85. The third kappa shape index (κ3) is 3.02. The van der Waals surface area contributed by atoms with Crippen molar-refractivity contribution in [1.82, 2.24) is 0 Å². The monoisotopic (exact) mass is 310 g/mol. The lowest BCUT2D eigenvalue weighted by atomic mass is 9.55. The van der Waals surface area contributed by atoms with Gasteiger partial charge in [0.25, 0.3) is 0 Å². The van der Waals surface area contributed by atoms with E-state index in [4.69, 9.17) is 0 Å². The summed E-state index contributed by atoms with van der Waals surface area (Å²) in [5, 5.41) is 0. The van der Waals surface area contributed by atoms with Crippen molar-refractivity contribution in [3.05, 3.63) is 47.6 Å². The van der Waals surface area contributed by atoms with Crippen LogP contribution in [0.25, 0.3) is 0 Å². The Hall–Kier alpha value is -1.04. The molecular formula is C23H34. The van der Waals surface area contributed by atoms with Gasteiger partial charge in [0.1, 0.15) is 0 Å². The highest BCUT2D eigenvalue weighted by Crippen LogP contribution is 2.62. The number of hydrogen-bond donors (Lipinski definition) is 0. The molecule has 0 aromatic heterocycles. The van der Waals surface area contributed by atoms with Crippen LogP contribution in [0.15, 0.2) is 47.6 Å². The lowest BCUT2D eigenvalue weighted by molar-refractivity contribution is 0.0564. The predicted molar refractivity (Wildman–Crippen MR) is 101 cm³/mol. The first-order valence-electron chi connectivity index (χ1n) is 9.79. The summed E-state index contributed by atoms with van der Waals surface area (Å²) in [6.45, 7) is 10.9. The largest absolute Gasteiger partial charge is 0.0988 e. The molecule has 126 valence electrons. The Kier molecular flexibility index (Phi) is 4.99. The summed E-state index contributed by atoms with van der Waals surface area (Å²) < 4.78 is 0. The van der Waals surface area contributed by atoms with Crippen molar-refractivity contribution in [2.24, 2.45) is 23.2 Å². The smallest absolute Gasteiger partial charge is 0.00850 e. The van der Waals surface area contributed by atoms with Gasteiger partial charge in [-0.3, -0.25) is 0 Å². The molecule has 3 aliphatic carbocycles. The summed E-state index contributed by atoms with van der Waals surface area (Å²) in [7, 11) is 0. The van der Waals surface area contributed by atoms with Crippen LogP contribution in [0, 0.1) is 23.2 Å². The minimum absolute atomic E-state index is 0.520. The summed E-state index contributed by atoms with van der Waals surface area (Å²) in [6.07, 6.45) is 20.3. The summed E-state index contributed by atoms with van der Waals surface area (Å²) in [6, 6.07) is 0. The minimum Gasteiger partial charge on any atom is -0.0988 e. The SMILES string of the molecule is C=C/C(C)=C\C=C1/CCCC2C1CCC1(C)/C(=C\CC)CCC21. The third-order valence-corrected chi connectivity index (χ3v) is 7.10. The van der Waals surface area contributed by atoms with E-state index in [1.165, 1.54) is 56.9 Å². The molecule has 0 aromatic carbocycles. The van der Waals surface area contributed by atoms with Crippen LogP contribution < -0.4 is 0 Å². The highest BCUT2D eigenvalue weighted by molar-refractivity contribution is 5.29. The Bertz CT molecular complexity index is 544. The molecule has 0 heteroatoms. The average Bonchev–Trinajstić information content (AvgIpc) is 2.90. The molecule has 3 saturated carbocycles. The van der Waals surface area contributed by atoms with E-state index in [9.17, 15) is 0 Å².